The molecule has 1 aromatic heterocycles. The van der Waals surface area contributed by atoms with Crippen LogP contribution in [0.5, 0.6) is 0 Å². The lowest BCUT2D eigenvalue weighted by atomic mass is 10.1. The Balaban J connectivity index is 0.000000258. The summed E-state index contributed by atoms with van der Waals surface area (Å²) in [6.07, 6.45) is 1.12. The third-order valence-corrected chi connectivity index (χ3v) is 5.21. The Morgan fingerprint density at radius 2 is 1.69 bits per heavy atom. The van der Waals surface area contributed by atoms with E-state index in [-0.39, 0.29) is 0 Å². The quantitative estimate of drug-likeness (QED) is 0.649. The number of amidine groups is 1. The van der Waals surface area contributed by atoms with E-state index in [1.165, 1.54) is 5.56 Å². The van der Waals surface area contributed by atoms with Gasteiger partial charge in [0.15, 0.2) is 0 Å². The second-order valence-corrected chi connectivity index (χ2v) is 7.32. The molecule has 0 amide bonds. The number of aliphatic carboxylic acids is 2. The van der Waals surface area contributed by atoms with Gasteiger partial charge in [-0.15, -0.1) is 11.3 Å². The van der Waals surface area contributed by atoms with Crippen LogP contribution in [0, 0.1) is 0 Å². The molecule has 2 aliphatic heterocycles. The molecule has 1 aromatic carbocycles. The number of anilines is 2. The van der Waals surface area contributed by atoms with Crippen LogP contribution < -0.4 is 5.32 Å². The molecule has 0 radical (unpaired) electrons. The predicted molar refractivity (Wildman–Crippen MR) is 114 cm³/mol. The number of hydrogen-bond donors (Lipinski definition) is 3. The molecular weight excluding hydrogens is 392 g/mol. The fourth-order valence-electron chi connectivity index (χ4n) is 2.98. The van der Waals surface area contributed by atoms with Gasteiger partial charge in [-0.05, 0) is 19.2 Å². The van der Waals surface area contributed by atoms with Gasteiger partial charge in [-0.25, -0.2) is 14.6 Å². The largest absolute Gasteiger partial charge is 0.478 e. The summed E-state index contributed by atoms with van der Waals surface area (Å²) in [5, 5.41) is 23.4. The first-order valence-electron chi connectivity index (χ1n) is 9.03. The van der Waals surface area contributed by atoms with E-state index in [0.29, 0.717) is 12.2 Å². The van der Waals surface area contributed by atoms with Crippen molar-refractivity contribution in [1.82, 2.24) is 9.80 Å². The van der Waals surface area contributed by atoms with Crippen LogP contribution in [-0.2, 0) is 9.59 Å². The number of hydrogen-bond acceptors (Lipinski definition) is 7. The van der Waals surface area contributed by atoms with Crippen LogP contribution in [0.25, 0.3) is 0 Å². The van der Waals surface area contributed by atoms with Crippen LogP contribution in [0.2, 0.25) is 0 Å². The van der Waals surface area contributed by atoms with E-state index in [4.69, 9.17) is 15.2 Å². The molecule has 9 heteroatoms. The van der Waals surface area contributed by atoms with Gasteiger partial charge in [0.25, 0.3) is 0 Å². The highest BCUT2D eigenvalue weighted by molar-refractivity contribution is 7.08. The van der Waals surface area contributed by atoms with Crippen LogP contribution in [0.15, 0.2) is 52.2 Å². The Hall–Kier alpha value is -3.17. The molecule has 8 nitrogen and oxygen atoms in total. The number of para-hydroxylation sites is 1. The maximum absolute atomic E-state index is 9.55. The first-order chi connectivity index (χ1) is 13.9. The van der Waals surface area contributed by atoms with Crippen molar-refractivity contribution in [2.75, 3.05) is 38.5 Å². The molecule has 0 aliphatic carbocycles. The number of nitrogens with one attached hydrogen (secondary N) is 1. The third kappa shape index (κ3) is 5.43. The van der Waals surface area contributed by atoms with Crippen LogP contribution >= 0.6 is 11.3 Å². The third-order valence-electron chi connectivity index (χ3n) is 4.48. The van der Waals surface area contributed by atoms with Gasteiger partial charge in [0.05, 0.1) is 11.4 Å². The highest BCUT2D eigenvalue weighted by Crippen LogP contribution is 2.37. The van der Waals surface area contributed by atoms with E-state index >= 15 is 0 Å². The molecule has 4 rings (SSSR count). The lowest BCUT2D eigenvalue weighted by molar-refractivity contribution is -0.134. The lowest BCUT2D eigenvalue weighted by Gasteiger charge is -2.34. The van der Waals surface area contributed by atoms with Gasteiger partial charge in [-0.3, -0.25) is 0 Å². The summed E-state index contributed by atoms with van der Waals surface area (Å²) >= 11 is 1.69. The zero-order valence-electron chi connectivity index (χ0n) is 15.9. The number of carboxylic acid groups (broad SMARTS) is 2. The average Bonchev–Trinajstić information content (AvgIpc) is 3.07. The fourth-order valence-corrected chi connectivity index (χ4v) is 3.67. The maximum Gasteiger partial charge on any atom is 0.328 e. The minimum atomic E-state index is -1.26. The highest BCUT2D eigenvalue weighted by Gasteiger charge is 2.23. The predicted octanol–water partition coefficient (Wildman–Crippen LogP) is 2.84. The summed E-state index contributed by atoms with van der Waals surface area (Å²) in [5.74, 6) is -1.41. The molecule has 3 heterocycles. The van der Waals surface area contributed by atoms with Gasteiger partial charge in [0.2, 0.25) is 0 Å². The van der Waals surface area contributed by atoms with Crippen molar-refractivity contribution in [2.24, 2.45) is 4.99 Å². The van der Waals surface area contributed by atoms with Crippen molar-refractivity contribution in [2.45, 2.75) is 0 Å². The number of carboxylic acids is 2. The Kier molecular flexibility index (Phi) is 6.63. The van der Waals surface area contributed by atoms with Crippen molar-refractivity contribution < 1.29 is 19.8 Å². The number of benzene rings is 1. The molecule has 0 bridgehead atoms. The number of piperazine rings is 1. The molecule has 29 heavy (non-hydrogen) atoms. The number of rotatable bonds is 2. The van der Waals surface area contributed by atoms with Crippen molar-refractivity contribution in [3.8, 4) is 0 Å². The highest BCUT2D eigenvalue weighted by atomic mass is 32.1. The molecule has 2 aliphatic rings. The van der Waals surface area contributed by atoms with Gasteiger partial charge in [0, 0.05) is 60.3 Å². The number of nitrogens with zero attached hydrogens (tertiary/aromatic N) is 3. The number of likely N-dealkylation sites (N-methyl/N-ethyl adjacent to an activating group) is 1. The Labute approximate surface area is 172 Å². The average molecular weight is 414 g/mol. The minimum absolute atomic E-state index is 0.558. The molecule has 152 valence electrons. The van der Waals surface area contributed by atoms with E-state index in [2.05, 4.69) is 57.2 Å². The summed E-state index contributed by atoms with van der Waals surface area (Å²) in [6.45, 7) is 4.24. The second-order valence-electron chi connectivity index (χ2n) is 6.58. The van der Waals surface area contributed by atoms with E-state index in [1.54, 1.807) is 11.3 Å². The van der Waals surface area contributed by atoms with Crippen molar-refractivity contribution >= 4 is 46.2 Å². The fraction of sp³-hybridized carbons (Fsp3) is 0.250. The molecule has 0 saturated carbocycles. The number of fused-ring (bicyclic) bond motifs is 2. The van der Waals surface area contributed by atoms with Gasteiger partial charge in [-0.1, -0.05) is 12.1 Å². The monoisotopic (exact) mass is 414 g/mol. The summed E-state index contributed by atoms with van der Waals surface area (Å²) in [5.41, 5.74) is 4.50. The molecule has 0 spiro atoms. The molecular formula is C20H22N4O4S. The van der Waals surface area contributed by atoms with Crippen molar-refractivity contribution in [3.05, 3.63) is 52.7 Å². The molecule has 2 aromatic rings. The minimum Gasteiger partial charge on any atom is -0.478 e. The summed E-state index contributed by atoms with van der Waals surface area (Å²) in [4.78, 5) is 28.8. The SMILES string of the molecule is CN1CCN(C2=Nc3cscc3Nc3ccccc32)CC1.O=C(O)C=CC(=O)O. The summed E-state index contributed by atoms with van der Waals surface area (Å²) in [7, 11) is 2.18. The molecule has 3 N–H and O–H groups in total. The molecule has 1 saturated heterocycles. The zero-order chi connectivity index (χ0) is 20.8. The first-order valence-corrected chi connectivity index (χ1v) is 9.97. The Morgan fingerprint density at radius 3 is 2.34 bits per heavy atom. The number of carbonyl (C=O) groups is 2. The molecule has 0 atom stereocenters. The van der Waals surface area contributed by atoms with Gasteiger partial charge >= 0.3 is 11.9 Å². The van der Waals surface area contributed by atoms with Crippen LogP contribution in [0.3, 0.4) is 0 Å². The van der Waals surface area contributed by atoms with Gasteiger partial charge in [-0.2, -0.15) is 0 Å². The number of thiophene rings is 1. The standard InChI is InChI=1S/C16H18N4S.C4H4O4/c1-19-6-8-20(9-7-19)16-12-4-2-3-5-13(12)17-14-10-21-11-15(14)18-16;5-3(6)1-2-4(7)8/h2-5,10-11,17H,6-9H2,1H3;1-2H,(H,5,6)(H,7,8). The van der Waals surface area contributed by atoms with E-state index in [9.17, 15) is 9.59 Å². The lowest BCUT2D eigenvalue weighted by Crippen LogP contribution is -2.47. The van der Waals surface area contributed by atoms with E-state index < -0.39 is 11.9 Å². The first kappa shape index (κ1) is 20.6. The zero-order valence-corrected chi connectivity index (χ0v) is 16.7. The summed E-state index contributed by atoms with van der Waals surface area (Å²) in [6, 6.07) is 8.46. The van der Waals surface area contributed by atoms with Crippen molar-refractivity contribution in [3.63, 3.8) is 0 Å². The number of aliphatic imine (C=N–C) groups is 1. The second kappa shape index (κ2) is 9.35. The van der Waals surface area contributed by atoms with Crippen molar-refractivity contribution in [1.29, 1.82) is 0 Å². The summed E-state index contributed by atoms with van der Waals surface area (Å²) < 4.78 is 0. The molecule has 1 fully saturated rings. The van der Waals surface area contributed by atoms with Crippen LogP contribution in [-0.4, -0.2) is 71.0 Å². The Bertz CT molecular complexity index is 929. The maximum atomic E-state index is 9.55. The smallest absolute Gasteiger partial charge is 0.328 e. The van der Waals surface area contributed by atoms with Crippen LogP contribution in [0.4, 0.5) is 17.1 Å². The van der Waals surface area contributed by atoms with E-state index in [1.807, 2.05) is 0 Å². The topological polar surface area (TPSA) is 105 Å². The normalized spacial score (nSPS) is 15.9. The Morgan fingerprint density at radius 1 is 1.03 bits per heavy atom. The van der Waals surface area contributed by atoms with Gasteiger partial charge in [0.1, 0.15) is 5.84 Å². The van der Waals surface area contributed by atoms with Gasteiger partial charge < -0.3 is 25.3 Å². The van der Waals surface area contributed by atoms with Crippen LogP contribution in [0.1, 0.15) is 5.56 Å². The molecule has 0 unspecified atom stereocenters. The van der Waals surface area contributed by atoms with E-state index in [0.717, 1.165) is 49.1 Å².